The smallest absolute Gasteiger partial charge is 0.237 e. The number of pyridine rings is 1. The molecule has 6 rings (SSSR count). The summed E-state index contributed by atoms with van der Waals surface area (Å²) in [6.45, 7) is -1.61. The number of aliphatic hydroxyl groups is 1. The lowest BCUT2D eigenvalue weighted by atomic mass is 9.43. The van der Waals surface area contributed by atoms with E-state index in [0.29, 0.717) is 25.0 Å². The Morgan fingerprint density at radius 2 is 1.90 bits per heavy atom. The van der Waals surface area contributed by atoms with E-state index in [1.807, 2.05) is 0 Å². The summed E-state index contributed by atoms with van der Waals surface area (Å²) in [6, 6.07) is 7.70. The van der Waals surface area contributed by atoms with Crippen molar-refractivity contribution in [3.05, 3.63) is 57.5 Å². The van der Waals surface area contributed by atoms with Crippen LogP contribution in [-0.4, -0.2) is 54.4 Å². The standard InChI is InChI=1S/C30H31Cl2F3N2O4/c31-21-3-1-2-18(25(21)35)24-19(22(39)8-16-4-5-17(10-38)41-11-16)9-29(12-28(13-29,14-33)15-34)30(24)20-6-7-23(32)36-26(20)37-27(30)40/h1-3,6-7,16-17,19,24,38H,4-5,8-15H2,(H,36,37,40)/t16-,17-,19-,24-,30+/m0/s1. The number of halogens is 5. The van der Waals surface area contributed by atoms with Crippen molar-refractivity contribution < 1.29 is 32.6 Å². The van der Waals surface area contributed by atoms with Gasteiger partial charge in [-0.3, -0.25) is 18.4 Å². The van der Waals surface area contributed by atoms with Crippen molar-refractivity contribution in [1.29, 1.82) is 0 Å². The Hall–Kier alpha value is -2.20. The molecule has 4 aliphatic rings. The predicted octanol–water partition coefficient (Wildman–Crippen LogP) is 5.97. The maximum atomic E-state index is 15.9. The summed E-state index contributed by atoms with van der Waals surface area (Å²) < 4.78 is 50.2. The lowest BCUT2D eigenvalue weighted by Gasteiger charge is -2.59. The van der Waals surface area contributed by atoms with E-state index in [2.05, 4.69) is 10.3 Å². The van der Waals surface area contributed by atoms with Gasteiger partial charge in [0.2, 0.25) is 5.91 Å². The Morgan fingerprint density at radius 1 is 1.15 bits per heavy atom. The summed E-state index contributed by atoms with van der Waals surface area (Å²) >= 11 is 12.4. The van der Waals surface area contributed by atoms with Gasteiger partial charge >= 0.3 is 0 Å². The fourth-order valence-corrected chi connectivity index (χ4v) is 8.82. The molecular weight excluding hydrogens is 580 g/mol. The molecule has 41 heavy (non-hydrogen) atoms. The van der Waals surface area contributed by atoms with Gasteiger partial charge in [0.25, 0.3) is 0 Å². The fourth-order valence-electron chi connectivity index (χ4n) is 8.49. The first kappa shape index (κ1) is 28.9. The van der Waals surface area contributed by atoms with Gasteiger partial charge in [-0.1, -0.05) is 41.4 Å². The van der Waals surface area contributed by atoms with Crippen LogP contribution in [0.2, 0.25) is 10.2 Å². The van der Waals surface area contributed by atoms with Gasteiger partial charge < -0.3 is 15.2 Å². The largest absolute Gasteiger partial charge is 0.394 e. The summed E-state index contributed by atoms with van der Waals surface area (Å²) in [5.41, 5.74) is -3.26. The van der Waals surface area contributed by atoms with E-state index in [9.17, 15) is 23.5 Å². The topological polar surface area (TPSA) is 88.5 Å². The molecule has 2 saturated carbocycles. The van der Waals surface area contributed by atoms with Gasteiger partial charge in [-0.25, -0.2) is 9.37 Å². The summed E-state index contributed by atoms with van der Waals surface area (Å²) in [5, 5.41) is 12.2. The Labute approximate surface area is 246 Å². The SMILES string of the molecule is O=C(C[C@@H]1CC[C@@H](CO)OC1)[C@@H]1CC2(CC(CF)(CF)C2)[C@@]2(C(=O)Nc3nc(Cl)ccc32)[C@H]1c1cccc(Cl)c1F. The number of benzene rings is 1. The van der Waals surface area contributed by atoms with Crippen molar-refractivity contribution in [2.45, 2.75) is 56.0 Å². The molecule has 0 unspecified atom stereocenters. The third kappa shape index (κ3) is 4.25. The number of anilines is 1. The van der Waals surface area contributed by atoms with E-state index in [4.69, 9.17) is 27.9 Å². The van der Waals surface area contributed by atoms with Gasteiger partial charge in [-0.2, -0.15) is 0 Å². The molecule has 2 N–H and O–H groups in total. The van der Waals surface area contributed by atoms with E-state index in [0.717, 1.165) is 0 Å². The zero-order valence-corrected chi connectivity index (χ0v) is 23.8. The molecule has 5 atom stereocenters. The number of hydrogen-bond donors (Lipinski definition) is 2. The van der Waals surface area contributed by atoms with Gasteiger partial charge in [0.05, 0.1) is 43.1 Å². The molecule has 11 heteroatoms. The van der Waals surface area contributed by atoms with Gasteiger partial charge in [-0.15, -0.1) is 0 Å². The Balaban J connectivity index is 1.50. The molecule has 0 bridgehead atoms. The maximum Gasteiger partial charge on any atom is 0.237 e. The Morgan fingerprint density at radius 3 is 2.56 bits per heavy atom. The van der Waals surface area contributed by atoms with Crippen LogP contribution in [0.5, 0.6) is 0 Å². The first-order valence-electron chi connectivity index (χ1n) is 13.9. The molecule has 3 heterocycles. The Bertz CT molecular complexity index is 1370. The predicted molar refractivity (Wildman–Crippen MR) is 147 cm³/mol. The minimum Gasteiger partial charge on any atom is -0.394 e. The van der Waals surface area contributed by atoms with Gasteiger partial charge in [0, 0.05) is 29.2 Å². The highest BCUT2D eigenvalue weighted by Crippen LogP contribution is 2.77. The van der Waals surface area contributed by atoms with Crippen molar-refractivity contribution in [3.8, 4) is 0 Å². The lowest BCUT2D eigenvalue weighted by molar-refractivity contribution is -0.143. The number of carbonyl (C=O) groups excluding carboxylic acids is 2. The molecule has 6 nitrogen and oxygen atoms in total. The van der Waals surface area contributed by atoms with Crippen LogP contribution in [0, 0.1) is 28.5 Å². The molecule has 220 valence electrons. The van der Waals surface area contributed by atoms with Gasteiger partial charge in [0.1, 0.15) is 22.6 Å². The molecule has 0 radical (unpaired) electrons. The van der Waals surface area contributed by atoms with E-state index in [-0.39, 0.29) is 71.7 Å². The number of hydrogen-bond acceptors (Lipinski definition) is 5. The van der Waals surface area contributed by atoms with Crippen molar-refractivity contribution in [3.63, 3.8) is 0 Å². The third-order valence-corrected chi connectivity index (χ3v) is 10.6. The molecule has 1 aromatic heterocycles. The molecule has 1 aromatic carbocycles. The minimum atomic E-state index is -1.52. The second-order valence-corrected chi connectivity index (χ2v) is 13.2. The number of Topliss-reactive ketones (excluding diaryl/α,β-unsaturated/α-hetero) is 1. The summed E-state index contributed by atoms with van der Waals surface area (Å²) in [7, 11) is 0. The molecule has 2 spiro atoms. The number of nitrogens with one attached hydrogen (secondary N) is 1. The molecular formula is C30H31Cl2F3N2O4. The van der Waals surface area contributed by atoms with E-state index in [1.54, 1.807) is 12.1 Å². The van der Waals surface area contributed by atoms with Crippen molar-refractivity contribution in [2.24, 2.45) is 22.7 Å². The van der Waals surface area contributed by atoms with Crippen LogP contribution < -0.4 is 5.32 Å². The molecule has 1 amide bonds. The maximum absolute atomic E-state index is 15.9. The summed E-state index contributed by atoms with van der Waals surface area (Å²) in [6.07, 6.45) is 1.36. The number of amides is 1. The second kappa shape index (κ2) is 10.5. The van der Waals surface area contributed by atoms with Crippen LogP contribution in [0.25, 0.3) is 0 Å². The van der Waals surface area contributed by atoms with Crippen LogP contribution in [0.15, 0.2) is 30.3 Å². The van der Waals surface area contributed by atoms with Gasteiger partial charge in [-0.05, 0) is 61.1 Å². The highest BCUT2D eigenvalue weighted by molar-refractivity contribution is 6.31. The summed E-state index contributed by atoms with van der Waals surface area (Å²) in [5.74, 6) is -3.11. The number of ketones is 1. The molecule has 3 fully saturated rings. The molecule has 1 saturated heterocycles. The van der Waals surface area contributed by atoms with Crippen LogP contribution in [0.1, 0.15) is 55.6 Å². The fraction of sp³-hybridized carbons (Fsp3) is 0.567. The van der Waals surface area contributed by atoms with E-state index in [1.165, 1.54) is 18.2 Å². The minimum absolute atomic E-state index is 0.0235. The first-order valence-corrected chi connectivity index (χ1v) is 14.7. The quantitative estimate of drug-likeness (QED) is 0.377. The number of alkyl halides is 2. The van der Waals surface area contributed by atoms with Crippen LogP contribution in [0.4, 0.5) is 19.0 Å². The van der Waals surface area contributed by atoms with Crippen LogP contribution >= 0.6 is 23.2 Å². The number of ether oxygens (including phenoxy) is 1. The molecule has 2 aliphatic carbocycles. The average Bonchev–Trinajstić information content (AvgIpc) is 3.41. The molecule has 2 aromatic rings. The average molecular weight is 611 g/mol. The lowest BCUT2D eigenvalue weighted by Crippen LogP contribution is -2.61. The number of aliphatic hydroxyl groups excluding tert-OH is 1. The highest BCUT2D eigenvalue weighted by atomic mass is 35.5. The first-order chi connectivity index (χ1) is 19.6. The van der Waals surface area contributed by atoms with Gasteiger partial charge in [0.15, 0.2) is 0 Å². The normalized spacial score (nSPS) is 31.2. The number of rotatable bonds is 7. The number of fused-ring (bicyclic) bond motifs is 3. The number of nitrogens with zero attached hydrogens (tertiary/aromatic N) is 1. The Kier molecular flexibility index (Phi) is 7.41. The van der Waals surface area contributed by atoms with Crippen molar-refractivity contribution in [2.75, 3.05) is 31.9 Å². The second-order valence-electron chi connectivity index (χ2n) is 12.4. The zero-order valence-electron chi connectivity index (χ0n) is 22.3. The van der Waals surface area contributed by atoms with E-state index >= 15 is 4.39 Å². The number of aromatic nitrogens is 1. The van der Waals surface area contributed by atoms with E-state index < -0.39 is 53.2 Å². The summed E-state index contributed by atoms with van der Waals surface area (Å²) in [4.78, 5) is 32.8. The monoisotopic (exact) mass is 610 g/mol. The third-order valence-electron chi connectivity index (χ3n) is 10.1. The van der Waals surface area contributed by atoms with Crippen LogP contribution in [0.3, 0.4) is 0 Å². The number of carbonyl (C=O) groups is 2. The highest BCUT2D eigenvalue weighted by Gasteiger charge is 2.77. The van der Waals surface area contributed by atoms with Crippen LogP contribution in [-0.2, 0) is 19.7 Å². The zero-order chi connectivity index (χ0) is 29.2. The molecule has 2 aliphatic heterocycles. The van der Waals surface area contributed by atoms with Crippen molar-refractivity contribution >= 4 is 40.7 Å². The van der Waals surface area contributed by atoms with Crippen molar-refractivity contribution in [1.82, 2.24) is 4.98 Å².